The quantitative estimate of drug-likeness (QED) is 0.889. The van der Waals surface area contributed by atoms with E-state index in [-0.39, 0.29) is 23.8 Å². The third-order valence-corrected chi connectivity index (χ3v) is 5.16. The van der Waals surface area contributed by atoms with Gasteiger partial charge in [-0.1, -0.05) is 6.42 Å². The van der Waals surface area contributed by atoms with Crippen molar-refractivity contribution in [3.05, 3.63) is 24.5 Å². The van der Waals surface area contributed by atoms with Crippen LogP contribution in [0.25, 0.3) is 0 Å². The van der Waals surface area contributed by atoms with Gasteiger partial charge in [-0.3, -0.25) is 14.6 Å². The van der Waals surface area contributed by atoms with Gasteiger partial charge in [-0.05, 0) is 37.8 Å². The molecule has 3 aliphatic rings. The molecule has 6 nitrogen and oxygen atoms in total. The van der Waals surface area contributed by atoms with E-state index >= 15 is 0 Å². The molecular weight excluding hydrogens is 306 g/mol. The molecule has 1 aliphatic heterocycles. The molecule has 2 atom stereocenters. The van der Waals surface area contributed by atoms with E-state index < -0.39 is 6.04 Å². The fourth-order valence-electron chi connectivity index (χ4n) is 3.40. The standard InChI is InChI=1S/C18H23N3O3/c22-17(20-13-6-7-13)16-9-15(24-14-5-2-8-19-10-14)11-21(16)18(23)12-3-1-4-12/h2,5,8,10,12-13,15-16H,1,3-4,6-7,9,11H2,(H,20,22)/t15-,16-/m0/s1. The fraction of sp³-hybridized carbons (Fsp3) is 0.611. The number of nitrogens with zero attached hydrogens (tertiary/aromatic N) is 2. The van der Waals surface area contributed by atoms with Gasteiger partial charge >= 0.3 is 0 Å². The number of hydrogen-bond donors (Lipinski definition) is 1. The van der Waals surface area contributed by atoms with Gasteiger partial charge in [0.05, 0.1) is 12.7 Å². The number of pyridine rings is 1. The van der Waals surface area contributed by atoms with Gasteiger partial charge in [-0.15, -0.1) is 0 Å². The molecule has 4 rings (SSSR count). The van der Waals surface area contributed by atoms with Crippen LogP contribution in [0, 0.1) is 5.92 Å². The van der Waals surface area contributed by atoms with Crippen LogP contribution in [0.4, 0.5) is 0 Å². The molecule has 2 saturated carbocycles. The molecule has 24 heavy (non-hydrogen) atoms. The minimum atomic E-state index is -0.402. The van der Waals surface area contributed by atoms with Crippen LogP contribution in [0.1, 0.15) is 38.5 Å². The van der Waals surface area contributed by atoms with Gasteiger partial charge in [-0.2, -0.15) is 0 Å². The zero-order valence-corrected chi connectivity index (χ0v) is 13.7. The maximum atomic E-state index is 12.7. The van der Waals surface area contributed by atoms with Crippen LogP contribution in [0.2, 0.25) is 0 Å². The second-order valence-corrected chi connectivity index (χ2v) is 7.08. The molecule has 6 heteroatoms. The van der Waals surface area contributed by atoms with E-state index in [9.17, 15) is 9.59 Å². The van der Waals surface area contributed by atoms with E-state index in [1.807, 2.05) is 12.1 Å². The number of carbonyl (C=O) groups is 2. The smallest absolute Gasteiger partial charge is 0.243 e. The topological polar surface area (TPSA) is 71.5 Å². The molecule has 0 bridgehead atoms. The Morgan fingerprint density at radius 3 is 2.71 bits per heavy atom. The van der Waals surface area contributed by atoms with Crippen molar-refractivity contribution in [2.24, 2.45) is 5.92 Å². The number of amides is 2. The third kappa shape index (κ3) is 3.23. The molecule has 3 fully saturated rings. The number of aromatic nitrogens is 1. The zero-order valence-electron chi connectivity index (χ0n) is 13.7. The van der Waals surface area contributed by atoms with Gasteiger partial charge in [0.25, 0.3) is 0 Å². The average Bonchev–Trinajstić information content (AvgIpc) is 3.23. The highest BCUT2D eigenvalue weighted by Gasteiger charge is 2.44. The summed E-state index contributed by atoms with van der Waals surface area (Å²) in [5.41, 5.74) is 0. The van der Waals surface area contributed by atoms with E-state index in [1.165, 1.54) is 0 Å². The number of rotatable bonds is 5. The summed E-state index contributed by atoms with van der Waals surface area (Å²) in [6.45, 7) is 0.479. The summed E-state index contributed by atoms with van der Waals surface area (Å²) in [5, 5.41) is 3.04. The Bertz CT molecular complexity index is 613. The van der Waals surface area contributed by atoms with Crippen molar-refractivity contribution in [2.45, 2.75) is 56.7 Å². The first kappa shape index (κ1) is 15.4. The Balaban J connectivity index is 1.45. The molecule has 128 valence electrons. The number of likely N-dealkylation sites (tertiary alicyclic amines) is 1. The minimum absolute atomic E-state index is 0.0255. The van der Waals surface area contributed by atoms with Crippen molar-refractivity contribution in [3.63, 3.8) is 0 Å². The first-order valence-electron chi connectivity index (χ1n) is 8.88. The summed E-state index contributed by atoms with van der Waals surface area (Å²) < 4.78 is 5.95. The molecule has 1 saturated heterocycles. The lowest BCUT2D eigenvalue weighted by Crippen LogP contribution is -2.49. The van der Waals surface area contributed by atoms with Crippen molar-refractivity contribution in [3.8, 4) is 5.75 Å². The Labute approximate surface area is 141 Å². The first-order valence-corrected chi connectivity index (χ1v) is 8.88. The molecule has 2 amide bonds. The Kier molecular flexibility index (Phi) is 4.12. The lowest BCUT2D eigenvalue weighted by atomic mass is 9.84. The number of hydrogen-bond acceptors (Lipinski definition) is 4. The Morgan fingerprint density at radius 1 is 1.25 bits per heavy atom. The molecule has 0 spiro atoms. The van der Waals surface area contributed by atoms with Crippen molar-refractivity contribution in [2.75, 3.05) is 6.54 Å². The molecule has 2 heterocycles. The summed E-state index contributed by atoms with van der Waals surface area (Å²) in [6, 6.07) is 3.57. The third-order valence-electron chi connectivity index (χ3n) is 5.16. The van der Waals surface area contributed by atoms with Gasteiger partial charge < -0.3 is 15.0 Å². The average molecular weight is 329 g/mol. The van der Waals surface area contributed by atoms with E-state index in [0.717, 1.165) is 32.1 Å². The number of nitrogens with one attached hydrogen (secondary N) is 1. The van der Waals surface area contributed by atoms with Crippen LogP contribution in [-0.2, 0) is 9.59 Å². The van der Waals surface area contributed by atoms with Crippen molar-refractivity contribution in [1.82, 2.24) is 15.2 Å². The van der Waals surface area contributed by atoms with Crippen molar-refractivity contribution >= 4 is 11.8 Å². The van der Waals surface area contributed by atoms with Crippen LogP contribution in [0.15, 0.2) is 24.5 Å². The highest BCUT2D eigenvalue weighted by atomic mass is 16.5. The SMILES string of the molecule is O=C(NC1CC1)[C@@H]1C[C@H](Oc2cccnc2)CN1C(=O)C1CCC1. The Morgan fingerprint density at radius 2 is 2.08 bits per heavy atom. The van der Waals surface area contributed by atoms with Crippen LogP contribution < -0.4 is 10.1 Å². The maximum absolute atomic E-state index is 12.7. The zero-order chi connectivity index (χ0) is 16.5. The summed E-state index contributed by atoms with van der Waals surface area (Å²) in [6.07, 6.45) is 8.84. The van der Waals surface area contributed by atoms with Gasteiger partial charge in [0, 0.05) is 24.6 Å². The molecule has 0 radical (unpaired) electrons. The van der Waals surface area contributed by atoms with E-state index in [0.29, 0.717) is 24.8 Å². The summed E-state index contributed by atoms with van der Waals surface area (Å²) in [7, 11) is 0. The summed E-state index contributed by atoms with van der Waals surface area (Å²) >= 11 is 0. The number of carbonyl (C=O) groups excluding carboxylic acids is 2. The largest absolute Gasteiger partial charge is 0.487 e. The molecule has 0 aromatic carbocycles. The lowest BCUT2D eigenvalue weighted by Gasteiger charge is -2.32. The predicted molar refractivity (Wildman–Crippen MR) is 87.3 cm³/mol. The van der Waals surface area contributed by atoms with E-state index in [4.69, 9.17) is 4.74 Å². The number of ether oxygens (including phenoxy) is 1. The van der Waals surface area contributed by atoms with E-state index in [1.54, 1.807) is 17.3 Å². The van der Waals surface area contributed by atoms with Gasteiger partial charge in [0.2, 0.25) is 11.8 Å². The fourth-order valence-corrected chi connectivity index (χ4v) is 3.40. The second-order valence-electron chi connectivity index (χ2n) is 7.08. The first-order chi connectivity index (χ1) is 11.7. The second kappa shape index (κ2) is 6.42. The van der Waals surface area contributed by atoms with Crippen molar-refractivity contribution in [1.29, 1.82) is 0 Å². The lowest BCUT2D eigenvalue weighted by molar-refractivity contribution is -0.143. The van der Waals surface area contributed by atoms with Crippen LogP contribution in [0.3, 0.4) is 0 Å². The molecule has 1 aromatic heterocycles. The molecular formula is C18H23N3O3. The van der Waals surface area contributed by atoms with Crippen LogP contribution in [0.5, 0.6) is 5.75 Å². The van der Waals surface area contributed by atoms with Crippen molar-refractivity contribution < 1.29 is 14.3 Å². The van der Waals surface area contributed by atoms with Gasteiger partial charge in [0.15, 0.2) is 0 Å². The monoisotopic (exact) mass is 329 g/mol. The highest BCUT2D eigenvalue weighted by Crippen LogP contribution is 2.32. The van der Waals surface area contributed by atoms with Gasteiger partial charge in [-0.25, -0.2) is 0 Å². The highest BCUT2D eigenvalue weighted by molar-refractivity contribution is 5.89. The normalized spacial score (nSPS) is 26.8. The Hall–Kier alpha value is -2.11. The van der Waals surface area contributed by atoms with E-state index in [2.05, 4.69) is 10.3 Å². The molecule has 2 aliphatic carbocycles. The molecule has 0 unspecified atom stereocenters. The maximum Gasteiger partial charge on any atom is 0.243 e. The molecule has 1 N–H and O–H groups in total. The minimum Gasteiger partial charge on any atom is -0.487 e. The predicted octanol–water partition coefficient (Wildman–Crippen LogP) is 1.51. The van der Waals surface area contributed by atoms with Crippen LogP contribution >= 0.6 is 0 Å². The van der Waals surface area contributed by atoms with Gasteiger partial charge in [0.1, 0.15) is 17.9 Å². The summed E-state index contributed by atoms with van der Waals surface area (Å²) in [5.74, 6) is 0.872. The summed E-state index contributed by atoms with van der Waals surface area (Å²) in [4.78, 5) is 31.1. The van der Waals surface area contributed by atoms with Crippen LogP contribution in [-0.4, -0.2) is 46.4 Å². The molecule has 1 aromatic rings.